The van der Waals surface area contributed by atoms with Crippen molar-refractivity contribution in [3.8, 4) is 11.3 Å². The van der Waals surface area contributed by atoms with Crippen molar-refractivity contribution in [3.05, 3.63) is 52.8 Å². The summed E-state index contributed by atoms with van der Waals surface area (Å²) in [5.41, 5.74) is 1.12. The molecule has 34 heavy (non-hydrogen) atoms. The Morgan fingerprint density at radius 3 is 2.76 bits per heavy atom. The summed E-state index contributed by atoms with van der Waals surface area (Å²) in [7, 11) is 1.74. The molecule has 4 rings (SSSR count). The van der Waals surface area contributed by atoms with E-state index in [-0.39, 0.29) is 29.2 Å². The van der Waals surface area contributed by atoms with E-state index < -0.39 is 0 Å². The average Bonchev–Trinajstić information content (AvgIpc) is 3.29. The van der Waals surface area contributed by atoms with E-state index in [1.54, 1.807) is 17.8 Å². The van der Waals surface area contributed by atoms with Crippen molar-refractivity contribution in [2.24, 2.45) is 13.0 Å². The van der Waals surface area contributed by atoms with E-state index in [0.29, 0.717) is 49.6 Å². The van der Waals surface area contributed by atoms with Gasteiger partial charge in [0.05, 0.1) is 23.2 Å². The number of para-hydroxylation sites is 1. The Morgan fingerprint density at radius 1 is 1.24 bits per heavy atom. The van der Waals surface area contributed by atoms with E-state index in [0.717, 1.165) is 30.2 Å². The van der Waals surface area contributed by atoms with Gasteiger partial charge in [-0.1, -0.05) is 38.0 Å². The summed E-state index contributed by atoms with van der Waals surface area (Å²) < 4.78 is 7.66. The largest absolute Gasteiger partial charge is 0.438 e. The lowest BCUT2D eigenvalue weighted by Crippen LogP contribution is -2.51. The fourth-order valence-corrected chi connectivity index (χ4v) is 4.22. The topological polar surface area (TPSA) is 106 Å². The van der Waals surface area contributed by atoms with Crippen LogP contribution in [0.2, 0.25) is 0 Å². The van der Waals surface area contributed by atoms with Crippen LogP contribution >= 0.6 is 0 Å². The van der Waals surface area contributed by atoms with Crippen molar-refractivity contribution in [2.45, 2.75) is 51.5 Å². The first-order valence-electron chi connectivity index (χ1n) is 12.1. The lowest BCUT2D eigenvalue weighted by molar-refractivity contribution is -0.127. The molecule has 1 aliphatic heterocycles. The highest BCUT2D eigenvalue weighted by atomic mass is 16.4. The Labute approximate surface area is 198 Å². The Kier molecular flexibility index (Phi) is 7.57. The number of ketones is 1. The highest BCUT2D eigenvalue weighted by Crippen LogP contribution is 2.26. The lowest BCUT2D eigenvalue weighted by Gasteiger charge is -2.27. The van der Waals surface area contributed by atoms with E-state index in [1.807, 2.05) is 37.3 Å². The number of aromatic nitrogens is 2. The van der Waals surface area contributed by atoms with Gasteiger partial charge < -0.3 is 19.6 Å². The van der Waals surface area contributed by atoms with Crippen LogP contribution < -0.4 is 16.2 Å². The van der Waals surface area contributed by atoms with Gasteiger partial charge in [0.25, 0.3) is 5.56 Å². The third-order valence-corrected chi connectivity index (χ3v) is 6.53. The second-order valence-electron chi connectivity index (χ2n) is 8.95. The molecule has 0 bridgehead atoms. The number of fused-ring (bicyclic) bond motifs is 1. The first-order chi connectivity index (χ1) is 16.5. The Morgan fingerprint density at radius 2 is 2.03 bits per heavy atom. The first-order valence-corrected chi connectivity index (χ1v) is 12.1. The van der Waals surface area contributed by atoms with Crippen LogP contribution in [-0.2, 0) is 16.6 Å². The van der Waals surface area contributed by atoms with Gasteiger partial charge in [-0.25, -0.2) is 4.98 Å². The number of hydrogen-bond donors (Lipinski definition) is 2. The molecule has 2 N–H and O–H groups in total. The molecule has 1 atom stereocenters. The lowest BCUT2D eigenvalue weighted by atomic mass is 10.0. The van der Waals surface area contributed by atoms with E-state index >= 15 is 0 Å². The van der Waals surface area contributed by atoms with Crippen molar-refractivity contribution in [1.82, 2.24) is 20.2 Å². The number of hydrogen-bond acceptors (Lipinski definition) is 6. The minimum absolute atomic E-state index is 0.0220. The van der Waals surface area contributed by atoms with Gasteiger partial charge in [-0.2, -0.15) is 0 Å². The second-order valence-corrected chi connectivity index (χ2v) is 8.95. The maximum atomic E-state index is 13.0. The molecular formula is C26H32N4O4. The number of amides is 1. The number of nitrogens with one attached hydrogen (secondary N) is 2. The maximum absolute atomic E-state index is 13.0. The summed E-state index contributed by atoms with van der Waals surface area (Å²) in [4.78, 5) is 41.6. The number of carbonyl (C=O) groups is 2. The van der Waals surface area contributed by atoms with Crippen LogP contribution in [0.4, 0.5) is 0 Å². The van der Waals surface area contributed by atoms with Crippen molar-refractivity contribution < 1.29 is 14.0 Å². The van der Waals surface area contributed by atoms with Crippen LogP contribution in [-0.4, -0.2) is 34.3 Å². The van der Waals surface area contributed by atoms with Gasteiger partial charge in [-0.15, -0.1) is 0 Å². The quantitative estimate of drug-likeness (QED) is 0.421. The molecule has 2 aromatic heterocycles. The number of nitrogens with zero attached hydrogens (tertiary/aromatic N) is 2. The predicted molar refractivity (Wildman–Crippen MR) is 130 cm³/mol. The van der Waals surface area contributed by atoms with E-state index in [9.17, 15) is 14.4 Å². The number of aryl methyl sites for hydroxylation is 1. The monoisotopic (exact) mass is 464 g/mol. The Hall–Kier alpha value is -3.26. The third-order valence-electron chi connectivity index (χ3n) is 6.53. The molecule has 1 saturated heterocycles. The molecule has 1 unspecified atom stereocenters. The minimum atomic E-state index is -0.381. The number of oxazole rings is 1. The SMILES string of the molecule is CCC(=O)CCCCCC(NC(=O)C1CNC1)c1ncc(-c2cc3ccccc3n(C)c2=O)o1. The molecule has 0 aliphatic carbocycles. The van der Waals surface area contributed by atoms with Crippen LogP contribution in [0.3, 0.4) is 0 Å². The molecule has 180 valence electrons. The van der Waals surface area contributed by atoms with Crippen LogP contribution in [0.1, 0.15) is 57.4 Å². The molecule has 0 radical (unpaired) electrons. The van der Waals surface area contributed by atoms with Crippen molar-refractivity contribution >= 4 is 22.6 Å². The molecule has 8 nitrogen and oxygen atoms in total. The molecule has 1 fully saturated rings. The maximum Gasteiger partial charge on any atom is 0.261 e. The zero-order chi connectivity index (χ0) is 24.1. The van der Waals surface area contributed by atoms with Crippen LogP contribution in [0.25, 0.3) is 22.2 Å². The molecule has 1 amide bonds. The standard InChI is InChI=1S/C26H32N4O4/c1-3-19(31)10-5-4-6-11-21(29-24(32)18-14-27-15-18)25-28-16-23(34-25)20-13-17-9-7-8-12-22(17)30(2)26(20)33/h7-9,12-13,16,18,21,27H,3-6,10-11,14-15H2,1-2H3,(H,29,32). The van der Waals surface area contributed by atoms with Gasteiger partial charge in [0.2, 0.25) is 11.8 Å². The number of rotatable bonds is 11. The van der Waals surface area contributed by atoms with E-state index in [4.69, 9.17) is 4.42 Å². The second kappa shape index (κ2) is 10.8. The molecule has 1 aliphatic rings. The number of Topliss-reactive ketones (excluding diaryl/α,β-unsaturated/α-hetero) is 1. The van der Waals surface area contributed by atoms with Gasteiger partial charge >= 0.3 is 0 Å². The van der Waals surface area contributed by atoms with Crippen LogP contribution in [0.5, 0.6) is 0 Å². The number of carbonyl (C=O) groups excluding carboxylic acids is 2. The Balaban J connectivity index is 1.53. The summed E-state index contributed by atoms with van der Waals surface area (Å²) in [5, 5.41) is 7.13. The minimum Gasteiger partial charge on any atom is -0.438 e. The molecule has 3 heterocycles. The van der Waals surface area contributed by atoms with Gasteiger partial charge in [0.15, 0.2) is 5.76 Å². The van der Waals surface area contributed by atoms with Gasteiger partial charge in [0.1, 0.15) is 11.8 Å². The number of unbranched alkanes of at least 4 members (excludes halogenated alkanes) is 2. The molecule has 8 heteroatoms. The average molecular weight is 465 g/mol. The van der Waals surface area contributed by atoms with Gasteiger partial charge in [0, 0.05) is 33.0 Å². The van der Waals surface area contributed by atoms with Crippen LogP contribution in [0.15, 0.2) is 45.7 Å². The fourth-order valence-electron chi connectivity index (χ4n) is 4.22. The van der Waals surface area contributed by atoms with Crippen molar-refractivity contribution in [1.29, 1.82) is 0 Å². The summed E-state index contributed by atoms with van der Waals surface area (Å²) >= 11 is 0. The van der Waals surface area contributed by atoms with Gasteiger partial charge in [-0.05, 0) is 30.4 Å². The summed E-state index contributed by atoms with van der Waals surface area (Å²) in [5.74, 6) is 0.991. The zero-order valence-corrected chi connectivity index (χ0v) is 19.8. The zero-order valence-electron chi connectivity index (χ0n) is 19.8. The highest BCUT2D eigenvalue weighted by molar-refractivity contribution is 5.83. The first kappa shape index (κ1) is 23.9. The highest BCUT2D eigenvalue weighted by Gasteiger charge is 2.29. The van der Waals surface area contributed by atoms with Crippen molar-refractivity contribution in [3.63, 3.8) is 0 Å². The van der Waals surface area contributed by atoms with Gasteiger partial charge in [-0.3, -0.25) is 14.4 Å². The number of pyridine rings is 1. The van der Waals surface area contributed by atoms with E-state index in [1.165, 1.54) is 0 Å². The summed E-state index contributed by atoms with van der Waals surface area (Å²) in [6.07, 6.45) is 5.94. The molecule has 0 saturated carbocycles. The predicted octanol–water partition coefficient (Wildman–Crippen LogP) is 3.50. The third kappa shape index (κ3) is 5.28. The van der Waals surface area contributed by atoms with Crippen molar-refractivity contribution in [2.75, 3.05) is 13.1 Å². The fraction of sp³-hybridized carbons (Fsp3) is 0.462. The normalized spacial score (nSPS) is 14.6. The molecule has 1 aromatic carbocycles. The van der Waals surface area contributed by atoms with Crippen LogP contribution in [0, 0.1) is 5.92 Å². The molecule has 3 aromatic rings. The van der Waals surface area contributed by atoms with E-state index in [2.05, 4.69) is 15.6 Å². The molecular weight excluding hydrogens is 432 g/mol. The smallest absolute Gasteiger partial charge is 0.261 e. The summed E-state index contributed by atoms with van der Waals surface area (Å²) in [6, 6.07) is 9.12. The molecule has 0 spiro atoms. The summed E-state index contributed by atoms with van der Waals surface area (Å²) in [6.45, 7) is 3.22. The number of benzene rings is 1. The Bertz CT molecular complexity index is 1230.